The standard InChI is InChI=1S/C6H6O2.2CH2O/c7-5-2-1-3-6(8)4-5;2*1-2/h1-4,7-8H;2*1H2. The number of benzene rings is 1. The molecule has 1 rings (SSSR count). The van der Waals surface area contributed by atoms with Crippen molar-refractivity contribution < 1.29 is 19.8 Å². The van der Waals surface area contributed by atoms with Crippen LogP contribution in [0.15, 0.2) is 24.3 Å². The van der Waals surface area contributed by atoms with Crippen LogP contribution in [0.5, 0.6) is 11.5 Å². The predicted octanol–water partition coefficient (Wildman–Crippen LogP) is 0.728. The van der Waals surface area contributed by atoms with Crippen LogP contribution in [-0.2, 0) is 9.59 Å². The SMILES string of the molecule is C=O.C=O.Oc1cccc(O)c1. The zero-order valence-corrected chi connectivity index (χ0v) is 6.43. The summed E-state index contributed by atoms with van der Waals surface area (Å²) < 4.78 is 0. The Kier molecular flexibility index (Phi) is 9.77. The number of phenolic OH excluding ortho intramolecular Hbond substituents is 2. The quantitative estimate of drug-likeness (QED) is 0.601. The highest BCUT2D eigenvalue weighted by Crippen LogP contribution is 2.14. The summed E-state index contributed by atoms with van der Waals surface area (Å²) in [5.74, 6) is 0.176. The summed E-state index contributed by atoms with van der Waals surface area (Å²) in [6.07, 6.45) is 0. The molecule has 1 aromatic rings. The van der Waals surface area contributed by atoms with Gasteiger partial charge in [0.2, 0.25) is 0 Å². The number of phenols is 2. The zero-order chi connectivity index (χ0) is 9.98. The molecular weight excluding hydrogens is 160 g/mol. The fourth-order valence-corrected chi connectivity index (χ4v) is 0.493. The molecule has 0 aliphatic rings. The summed E-state index contributed by atoms with van der Waals surface area (Å²) >= 11 is 0. The molecule has 0 radical (unpaired) electrons. The first-order valence-electron chi connectivity index (χ1n) is 2.85. The monoisotopic (exact) mass is 170 g/mol. The number of hydrogen-bond acceptors (Lipinski definition) is 4. The molecule has 66 valence electrons. The summed E-state index contributed by atoms with van der Waals surface area (Å²) in [5.41, 5.74) is 0. The van der Waals surface area contributed by atoms with Gasteiger partial charge in [0.1, 0.15) is 25.1 Å². The third-order valence-electron chi connectivity index (χ3n) is 0.830. The second kappa shape index (κ2) is 9.16. The van der Waals surface area contributed by atoms with Crippen molar-refractivity contribution >= 4 is 13.6 Å². The Morgan fingerprint density at radius 1 is 0.917 bits per heavy atom. The minimum absolute atomic E-state index is 0.0880. The van der Waals surface area contributed by atoms with E-state index in [0.717, 1.165) is 0 Å². The topological polar surface area (TPSA) is 74.6 Å². The molecule has 0 fully saturated rings. The van der Waals surface area contributed by atoms with Crippen molar-refractivity contribution in [2.24, 2.45) is 0 Å². The first kappa shape index (κ1) is 12.8. The van der Waals surface area contributed by atoms with Gasteiger partial charge in [-0.25, -0.2) is 0 Å². The van der Waals surface area contributed by atoms with Gasteiger partial charge in [0.25, 0.3) is 0 Å². The van der Waals surface area contributed by atoms with E-state index in [2.05, 4.69) is 0 Å². The van der Waals surface area contributed by atoms with Crippen molar-refractivity contribution in [2.45, 2.75) is 0 Å². The third-order valence-corrected chi connectivity index (χ3v) is 0.830. The number of carbonyl (C=O) groups excluding carboxylic acids is 2. The average Bonchev–Trinajstić information content (AvgIpc) is 2.11. The maximum atomic E-state index is 8.65. The van der Waals surface area contributed by atoms with E-state index >= 15 is 0 Å². The summed E-state index contributed by atoms with van der Waals surface area (Å²) in [5, 5.41) is 17.3. The van der Waals surface area contributed by atoms with Crippen molar-refractivity contribution in [1.82, 2.24) is 0 Å². The fourth-order valence-electron chi connectivity index (χ4n) is 0.493. The van der Waals surface area contributed by atoms with Gasteiger partial charge in [0.15, 0.2) is 0 Å². The van der Waals surface area contributed by atoms with E-state index in [0.29, 0.717) is 0 Å². The minimum Gasteiger partial charge on any atom is -0.508 e. The normalized spacial score (nSPS) is 6.67. The van der Waals surface area contributed by atoms with Gasteiger partial charge in [-0.05, 0) is 12.1 Å². The molecule has 0 aromatic heterocycles. The molecule has 0 spiro atoms. The lowest BCUT2D eigenvalue weighted by Crippen LogP contribution is -1.61. The lowest BCUT2D eigenvalue weighted by Gasteiger charge is -1.89. The molecule has 0 aliphatic heterocycles. The van der Waals surface area contributed by atoms with Crippen molar-refractivity contribution in [3.63, 3.8) is 0 Å². The Balaban J connectivity index is 0. The summed E-state index contributed by atoms with van der Waals surface area (Å²) in [7, 11) is 0. The van der Waals surface area contributed by atoms with Gasteiger partial charge >= 0.3 is 0 Å². The zero-order valence-electron chi connectivity index (χ0n) is 6.43. The molecule has 0 heterocycles. The van der Waals surface area contributed by atoms with Crippen molar-refractivity contribution in [3.8, 4) is 11.5 Å². The van der Waals surface area contributed by atoms with Crippen LogP contribution in [-0.4, -0.2) is 23.8 Å². The van der Waals surface area contributed by atoms with Crippen LogP contribution in [0, 0.1) is 0 Å². The number of aromatic hydroxyl groups is 2. The largest absolute Gasteiger partial charge is 0.508 e. The van der Waals surface area contributed by atoms with Crippen molar-refractivity contribution in [1.29, 1.82) is 0 Å². The minimum atomic E-state index is 0.0880. The maximum absolute atomic E-state index is 8.65. The molecule has 0 saturated carbocycles. The van der Waals surface area contributed by atoms with Gasteiger partial charge in [-0.3, -0.25) is 0 Å². The van der Waals surface area contributed by atoms with Crippen LogP contribution in [0.2, 0.25) is 0 Å². The first-order valence-corrected chi connectivity index (χ1v) is 2.85. The maximum Gasteiger partial charge on any atom is 0.119 e. The smallest absolute Gasteiger partial charge is 0.119 e. The first-order chi connectivity index (χ1) is 5.79. The molecule has 4 nitrogen and oxygen atoms in total. The van der Waals surface area contributed by atoms with Gasteiger partial charge in [0, 0.05) is 6.07 Å². The molecule has 0 amide bonds. The summed E-state index contributed by atoms with van der Waals surface area (Å²) in [6, 6.07) is 5.85. The van der Waals surface area contributed by atoms with Gasteiger partial charge < -0.3 is 19.8 Å². The van der Waals surface area contributed by atoms with Crippen molar-refractivity contribution in [2.75, 3.05) is 0 Å². The molecular formula is C8H10O4. The van der Waals surface area contributed by atoms with Crippen LogP contribution < -0.4 is 0 Å². The summed E-state index contributed by atoms with van der Waals surface area (Å²) in [6.45, 7) is 4.00. The highest BCUT2D eigenvalue weighted by Gasteiger charge is 1.85. The molecule has 0 atom stereocenters. The summed E-state index contributed by atoms with van der Waals surface area (Å²) in [4.78, 5) is 16.0. The van der Waals surface area contributed by atoms with Crippen LogP contribution >= 0.6 is 0 Å². The van der Waals surface area contributed by atoms with E-state index in [1.165, 1.54) is 18.2 Å². The molecule has 0 aliphatic carbocycles. The number of carbonyl (C=O) groups is 2. The lowest BCUT2D eigenvalue weighted by atomic mass is 10.3. The molecule has 4 heteroatoms. The van der Waals surface area contributed by atoms with E-state index in [1.807, 2.05) is 13.6 Å². The van der Waals surface area contributed by atoms with Gasteiger partial charge in [-0.2, -0.15) is 0 Å². The number of hydrogen-bond donors (Lipinski definition) is 2. The highest BCUT2D eigenvalue weighted by molar-refractivity contribution is 5.30. The fraction of sp³-hybridized carbons (Fsp3) is 0. The van der Waals surface area contributed by atoms with E-state index in [4.69, 9.17) is 19.8 Å². The Morgan fingerprint density at radius 3 is 1.42 bits per heavy atom. The van der Waals surface area contributed by atoms with Gasteiger partial charge in [-0.15, -0.1) is 0 Å². The molecule has 0 bridgehead atoms. The molecule has 2 N–H and O–H groups in total. The molecule has 0 unspecified atom stereocenters. The number of rotatable bonds is 0. The van der Waals surface area contributed by atoms with E-state index in [-0.39, 0.29) is 11.5 Å². The second-order valence-corrected chi connectivity index (χ2v) is 1.52. The van der Waals surface area contributed by atoms with E-state index in [9.17, 15) is 0 Å². The Morgan fingerprint density at radius 2 is 1.25 bits per heavy atom. The second-order valence-electron chi connectivity index (χ2n) is 1.52. The van der Waals surface area contributed by atoms with E-state index < -0.39 is 0 Å². The Labute approximate surface area is 70.1 Å². The van der Waals surface area contributed by atoms with Crippen LogP contribution in [0.25, 0.3) is 0 Å². The Hall–Kier alpha value is -1.84. The van der Waals surface area contributed by atoms with Gasteiger partial charge in [-0.1, -0.05) is 6.07 Å². The van der Waals surface area contributed by atoms with Crippen LogP contribution in [0.3, 0.4) is 0 Å². The van der Waals surface area contributed by atoms with E-state index in [1.54, 1.807) is 6.07 Å². The average molecular weight is 170 g/mol. The molecule has 1 aromatic carbocycles. The lowest BCUT2D eigenvalue weighted by molar-refractivity contribution is -0.0987. The van der Waals surface area contributed by atoms with Crippen LogP contribution in [0.4, 0.5) is 0 Å². The third kappa shape index (κ3) is 6.28. The predicted molar refractivity (Wildman–Crippen MR) is 44.0 cm³/mol. The molecule has 12 heavy (non-hydrogen) atoms. The molecule has 0 saturated heterocycles. The van der Waals surface area contributed by atoms with Gasteiger partial charge in [0.05, 0.1) is 0 Å². The highest BCUT2D eigenvalue weighted by atomic mass is 16.3. The Bertz CT molecular complexity index is 193. The van der Waals surface area contributed by atoms with Crippen molar-refractivity contribution in [3.05, 3.63) is 24.3 Å². The van der Waals surface area contributed by atoms with Crippen LogP contribution in [0.1, 0.15) is 0 Å².